The fourth-order valence-electron chi connectivity index (χ4n) is 3.41. The highest BCUT2D eigenvalue weighted by Gasteiger charge is 2.15. The average Bonchev–Trinajstić information content (AvgIpc) is 3.00. The first-order chi connectivity index (χ1) is 13.5. The Hall–Kier alpha value is -3.08. The predicted molar refractivity (Wildman–Crippen MR) is 111 cm³/mol. The zero-order valence-corrected chi connectivity index (χ0v) is 16.9. The molecule has 0 saturated carbocycles. The summed E-state index contributed by atoms with van der Waals surface area (Å²) >= 11 is 0. The van der Waals surface area contributed by atoms with E-state index in [9.17, 15) is 4.79 Å². The summed E-state index contributed by atoms with van der Waals surface area (Å²) in [5.41, 5.74) is 5.17. The number of amides is 1. The van der Waals surface area contributed by atoms with E-state index in [1.54, 1.807) is 7.11 Å². The Morgan fingerprint density at radius 3 is 2.61 bits per heavy atom. The first-order valence-electron chi connectivity index (χ1n) is 9.53. The van der Waals surface area contributed by atoms with E-state index in [0.717, 1.165) is 34.0 Å². The average molecular weight is 377 g/mol. The van der Waals surface area contributed by atoms with Gasteiger partial charge in [-0.25, -0.2) is 4.68 Å². The molecule has 0 aliphatic heterocycles. The highest BCUT2D eigenvalue weighted by Crippen LogP contribution is 2.22. The summed E-state index contributed by atoms with van der Waals surface area (Å²) in [6.45, 7) is 6.04. The summed E-state index contributed by atoms with van der Waals surface area (Å²) in [5, 5.41) is 7.75. The number of carbonyl (C=O) groups is 1. The van der Waals surface area contributed by atoms with Gasteiger partial charge in [0.15, 0.2) is 0 Å². The monoisotopic (exact) mass is 377 g/mol. The van der Waals surface area contributed by atoms with Crippen LogP contribution in [0, 0.1) is 13.8 Å². The molecule has 0 fully saturated rings. The number of aromatic nitrogens is 2. The van der Waals surface area contributed by atoms with Crippen LogP contribution in [0.5, 0.6) is 5.75 Å². The van der Waals surface area contributed by atoms with Crippen molar-refractivity contribution in [1.82, 2.24) is 15.1 Å². The topological polar surface area (TPSA) is 56.2 Å². The van der Waals surface area contributed by atoms with Crippen LogP contribution in [-0.2, 0) is 11.2 Å². The van der Waals surface area contributed by atoms with Gasteiger partial charge in [0.05, 0.1) is 24.5 Å². The lowest BCUT2D eigenvalue weighted by Crippen LogP contribution is -2.26. The number of methoxy groups -OCH3 is 1. The number of hydrogen-bond acceptors (Lipinski definition) is 3. The fourth-order valence-corrected chi connectivity index (χ4v) is 3.41. The number of nitrogens with one attached hydrogen (secondary N) is 1. The van der Waals surface area contributed by atoms with Crippen molar-refractivity contribution in [2.24, 2.45) is 0 Å². The van der Waals surface area contributed by atoms with Crippen LogP contribution in [-0.4, -0.2) is 22.8 Å². The lowest BCUT2D eigenvalue weighted by atomic mass is 10.1. The van der Waals surface area contributed by atoms with E-state index >= 15 is 0 Å². The molecule has 5 nitrogen and oxygen atoms in total. The quantitative estimate of drug-likeness (QED) is 0.668. The molecule has 1 aromatic heterocycles. The van der Waals surface area contributed by atoms with E-state index in [1.165, 1.54) is 0 Å². The van der Waals surface area contributed by atoms with Crippen LogP contribution in [0.1, 0.15) is 41.9 Å². The van der Waals surface area contributed by atoms with E-state index in [4.69, 9.17) is 4.74 Å². The zero-order valence-electron chi connectivity index (χ0n) is 16.9. The smallest absolute Gasteiger partial charge is 0.220 e. The molecule has 3 rings (SSSR count). The molecule has 0 bridgehead atoms. The molecule has 0 aliphatic carbocycles. The van der Waals surface area contributed by atoms with Gasteiger partial charge in [0, 0.05) is 18.2 Å². The predicted octanol–water partition coefficient (Wildman–Crippen LogP) is 4.31. The second kappa shape index (κ2) is 8.74. The SMILES string of the molecule is COc1cccc(-n2nc(C)c(CCC(=O)N[C@@H](C)c3ccccc3)c2C)c1. The third kappa shape index (κ3) is 4.42. The maximum Gasteiger partial charge on any atom is 0.220 e. The summed E-state index contributed by atoms with van der Waals surface area (Å²) < 4.78 is 7.23. The highest BCUT2D eigenvalue weighted by molar-refractivity contribution is 5.76. The summed E-state index contributed by atoms with van der Waals surface area (Å²) in [6.07, 6.45) is 1.09. The summed E-state index contributed by atoms with van der Waals surface area (Å²) in [7, 11) is 1.65. The molecule has 0 aliphatic rings. The molecular formula is C23H27N3O2. The highest BCUT2D eigenvalue weighted by atomic mass is 16.5. The molecule has 146 valence electrons. The van der Waals surface area contributed by atoms with Gasteiger partial charge in [0.1, 0.15) is 5.75 Å². The molecule has 1 atom stereocenters. The van der Waals surface area contributed by atoms with Crippen molar-refractivity contribution in [3.05, 3.63) is 77.1 Å². The van der Waals surface area contributed by atoms with Crippen LogP contribution < -0.4 is 10.1 Å². The van der Waals surface area contributed by atoms with Crippen molar-refractivity contribution in [3.8, 4) is 11.4 Å². The maximum absolute atomic E-state index is 12.4. The lowest BCUT2D eigenvalue weighted by Gasteiger charge is -2.14. The standard InChI is InChI=1S/C23H27N3O2/c1-16(19-9-6-5-7-10-19)24-23(27)14-13-22-17(2)25-26(18(22)3)20-11-8-12-21(15-20)28-4/h5-12,15-16H,13-14H2,1-4H3,(H,24,27)/t16-/m0/s1. The Balaban J connectivity index is 1.68. The molecule has 3 aromatic rings. The third-order valence-corrected chi connectivity index (χ3v) is 5.02. The van der Waals surface area contributed by atoms with E-state index in [-0.39, 0.29) is 11.9 Å². The van der Waals surface area contributed by atoms with Crippen molar-refractivity contribution in [1.29, 1.82) is 0 Å². The molecule has 1 N–H and O–H groups in total. The molecule has 1 amide bonds. The Labute approximate surface area is 166 Å². The molecule has 0 unspecified atom stereocenters. The number of aryl methyl sites for hydroxylation is 1. The Morgan fingerprint density at radius 2 is 1.89 bits per heavy atom. The zero-order chi connectivity index (χ0) is 20.1. The summed E-state index contributed by atoms with van der Waals surface area (Å²) in [6, 6.07) is 17.8. The Bertz CT molecular complexity index is 948. The molecule has 2 aromatic carbocycles. The first-order valence-corrected chi connectivity index (χ1v) is 9.53. The largest absolute Gasteiger partial charge is 0.497 e. The van der Waals surface area contributed by atoms with Crippen LogP contribution in [0.3, 0.4) is 0 Å². The van der Waals surface area contributed by atoms with Crippen LogP contribution in [0.2, 0.25) is 0 Å². The van der Waals surface area contributed by atoms with Crippen molar-refractivity contribution in [3.63, 3.8) is 0 Å². The van der Waals surface area contributed by atoms with Gasteiger partial charge in [-0.05, 0) is 50.5 Å². The van der Waals surface area contributed by atoms with Crippen LogP contribution >= 0.6 is 0 Å². The molecule has 0 radical (unpaired) electrons. The van der Waals surface area contributed by atoms with Gasteiger partial charge in [-0.15, -0.1) is 0 Å². The molecule has 5 heteroatoms. The van der Waals surface area contributed by atoms with Gasteiger partial charge in [-0.2, -0.15) is 5.10 Å². The molecule has 28 heavy (non-hydrogen) atoms. The normalized spacial score (nSPS) is 11.9. The van der Waals surface area contributed by atoms with Crippen molar-refractivity contribution < 1.29 is 9.53 Å². The van der Waals surface area contributed by atoms with Gasteiger partial charge in [-0.1, -0.05) is 36.4 Å². The van der Waals surface area contributed by atoms with E-state index < -0.39 is 0 Å². The van der Waals surface area contributed by atoms with Crippen molar-refractivity contribution in [2.75, 3.05) is 7.11 Å². The van der Waals surface area contributed by atoms with Crippen LogP contribution in [0.25, 0.3) is 5.69 Å². The second-order valence-electron chi connectivity index (χ2n) is 6.96. The minimum Gasteiger partial charge on any atom is -0.497 e. The minimum absolute atomic E-state index is 0.00426. The lowest BCUT2D eigenvalue weighted by molar-refractivity contribution is -0.121. The van der Waals surface area contributed by atoms with Crippen LogP contribution in [0.4, 0.5) is 0 Å². The second-order valence-corrected chi connectivity index (χ2v) is 6.96. The maximum atomic E-state index is 12.4. The van der Waals surface area contributed by atoms with E-state index in [2.05, 4.69) is 10.4 Å². The first kappa shape index (κ1) is 19.7. The third-order valence-electron chi connectivity index (χ3n) is 5.02. The molecule has 0 spiro atoms. The van der Waals surface area contributed by atoms with Crippen molar-refractivity contribution >= 4 is 5.91 Å². The number of benzene rings is 2. The van der Waals surface area contributed by atoms with E-state index in [0.29, 0.717) is 12.8 Å². The van der Waals surface area contributed by atoms with Gasteiger partial charge in [0.25, 0.3) is 0 Å². The number of rotatable bonds is 7. The van der Waals surface area contributed by atoms with E-state index in [1.807, 2.05) is 80.1 Å². The fraction of sp³-hybridized carbons (Fsp3) is 0.304. The summed E-state index contributed by atoms with van der Waals surface area (Å²) in [5.74, 6) is 0.838. The Kier molecular flexibility index (Phi) is 6.14. The Morgan fingerprint density at radius 1 is 1.14 bits per heavy atom. The molecular weight excluding hydrogens is 350 g/mol. The summed E-state index contributed by atoms with van der Waals surface area (Å²) in [4.78, 5) is 12.4. The number of ether oxygens (including phenoxy) is 1. The minimum atomic E-state index is -0.00426. The number of nitrogens with zero attached hydrogens (tertiary/aromatic N) is 2. The number of hydrogen-bond donors (Lipinski definition) is 1. The van der Waals surface area contributed by atoms with Crippen LogP contribution in [0.15, 0.2) is 54.6 Å². The van der Waals surface area contributed by atoms with Crippen molar-refractivity contribution in [2.45, 2.75) is 39.7 Å². The van der Waals surface area contributed by atoms with Gasteiger partial charge >= 0.3 is 0 Å². The van der Waals surface area contributed by atoms with Gasteiger partial charge in [0.2, 0.25) is 5.91 Å². The molecule has 0 saturated heterocycles. The number of carbonyl (C=O) groups excluding carboxylic acids is 1. The molecule has 1 heterocycles. The van der Waals surface area contributed by atoms with Gasteiger partial charge in [-0.3, -0.25) is 4.79 Å². The van der Waals surface area contributed by atoms with Gasteiger partial charge < -0.3 is 10.1 Å².